The lowest BCUT2D eigenvalue weighted by Crippen LogP contribution is -2.38. The van der Waals surface area contributed by atoms with Gasteiger partial charge in [0.25, 0.3) is 5.91 Å². The van der Waals surface area contributed by atoms with Gasteiger partial charge in [0.1, 0.15) is 0 Å². The first-order valence-electron chi connectivity index (χ1n) is 13.2. The number of carbonyl (C=O) groups excluding carboxylic acids is 1. The second-order valence-corrected chi connectivity index (χ2v) is 11.0. The normalized spacial score (nSPS) is 15.6. The van der Waals surface area contributed by atoms with E-state index in [9.17, 15) is 23.1 Å². The molecule has 3 aromatic rings. The van der Waals surface area contributed by atoms with Gasteiger partial charge in [-0.2, -0.15) is 13.2 Å². The van der Waals surface area contributed by atoms with Crippen LogP contribution in [0, 0.1) is 12.8 Å². The summed E-state index contributed by atoms with van der Waals surface area (Å²) in [5.74, 6) is -0.505. The lowest BCUT2D eigenvalue weighted by molar-refractivity contribution is -0.137. The van der Waals surface area contributed by atoms with E-state index in [0.29, 0.717) is 18.8 Å². The molecule has 0 bridgehead atoms. The first-order valence-corrected chi connectivity index (χ1v) is 13.2. The minimum Gasteiger partial charge on any atom is -0.396 e. The Kier molecular flexibility index (Phi) is 8.58. The van der Waals surface area contributed by atoms with E-state index in [1.54, 1.807) is 27.0 Å². The van der Waals surface area contributed by atoms with Crippen LogP contribution in [-0.4, -0.2) is 44.4 Å². The summed E-state index contributed by atoms with van der Waals surface area (Å²) in [5.41, 5.74) is 9.70. The molecule has 0 radical (unpaired) electrons. The van der Waals surface area contributed by atoms with Crippen molar-refractivity contribution in [2.75, 3.05) is 43.6 Å². The van der Waals surface area contributed by atoms with Gasteiger partial charge in [-0.3, -0.25) is 4.79 Å². The van der Waals surface area contributed by atoms with Crippen molar-refractivity contribution in [3.05, 3.63) is 82.4 Å². The first kappa shape index (κ1) is 29.6. The fourth-order valence-electron chi connectivity index (χ4n) is 5.03. The van der Waals surface area contributed by atoms with Crippen molar-refractivity contribution < 1.29 is 27.8 Å². The van der Waals surface area contributed by atoms with Crippen molar-refractivity contribution in [3.8, 4) is 11.1 Å². The minimum atomic E-state index is -4.62. The van der Waals surface area contributed by atoms with Crippen LogP contribution in [0.4, 0.5) is 24.5 Å². The van der Waals surface area contributed by atoms with Gasteiger partial charge in [-0.05, 0) is 91.4 Å². The number of fused-ring (bicyclic) bond motifs is 1. The number of hydrogen-bond donors (Lipinski definition) is 3. The third-order valence-electron chi connectivity index (χ3n) is 7.31. The fraction of sp³-hybridized carbons (Fsp3) is 0.387. The van der Waals surface area contributed by atoms with Crippen molar-refractivity contribution in [2.45, 2.75) is 38.9 Å². The summed E-state index contributed by atoms with van der Waals surface area (Å²) < 4.78 is 46.0. The van der Waals surface area contributed by atoms with E-state index in [1.807, 2.05) is 25.1 Å². The van der Waals surface area contributed by atoms with E-state index in [-0.39, 0.29) is 23.7 Å². The Balaban J connectivity index is 1.66. The van der Waals surface area contributed by atoms with Crippen LogP contribution < -0.4 is 16.0 Å². The number of ether oxygens (including phenoxy) is 1. The third kappa shape index (κ3) is 6.66. The van der Waals surface area contributed by atoms with E-state index >= 15 is 0 Å². The van der Waals surface area contributed by atoms with Crippen molar-refractivity contribution in [1.82, 2.24) is 0 Å². The topological polar surface area (TPSA) is 87.8 Å². The van der Waals surface area contributed by atoms with Crippen LogP contribution in [0.3, 0.4) is 0 Å². The molecule has 9 heteroatoms. The van der Waals surface area contributed by atoms with Gasteiger partial charge in [0.05, 0.1) is 12.2 Å². The molecule has 1 atom stereocenters. The number of anilines is 2. The highest BCUT2D eigenvalue weighted by Gasteiger charge is 2.33. The molecular formula is C31H36F3N3O3. The Morgan fingerprint density at radius 1 is 1.10 bits per heavy atom. The number of hydrogen-bond acceptors (Lipinski definition) is 5. The number of nitrogens with zero attached hydrogens (tertiary/aromatic N) is 1. The Labute approximate surface area is 232 Å². The quantitative estimate of drug-likeness (QED) is 0.330. The van der Waals surface area contributed by atoms with E-state index in [0.717, 1.165) is 53.0 Å². The number of alkyl halides is 3. The Morgan fingerprint density at radius 3 is 2.48 bits per heavy atom. The maximum atomic E-state index is 13.6. The smallest absolute Gasteiger partial charge is 0.396 e. The molecule has 214 valence electrons. The summed E-state index contributed by atoms with van der Waals surface area (Å²) in [7, 11) is 1.66. The van der Waals surface area contributed by atoms with Crippen molar-refractivity contribution in [3.63, 3.8) is 0 Å². The average molecular weight is 556 g/mol. The number of benzene rings is 3. The summed E-state index contributed by atoms with van der Waals surface area (Å²) in [6.45, 7) is 7.24. The molecule has 6 nitrogen and oxygen atoms in total. The van der Waals surface area contributed by atoms with Gasteiger partial charge in [-0.25, -0.2) is 0 Å². The Morgan fingerprint density at radius 2 is 1.82 bits per heavy atom. The summed E-state index contributed by atoms with van der Waals surface area (Å²) in [5, 5.41) is 12.5. The Hall–Kier alpha value is -3.40. The highest BCUT2D eigenvalue weighted by Crippen LogP contribution is 2.36. The summed E-state index contributed by atoms with van der Waals surface area (Å²) in [4.78, 5) is 15.4. The summed E-state index contributed by atoms with van der Waals surface area (Å²) in [6, 6.07) is 14.8. The molecule has 1 aliphatic heterocycles. The van der Waals surface area contributed by atoms with Crippen LogP contribution in [0.5, 0.6) is 0 Å². The van der Waals surface area contributed by atoms with E-state index < -0.39 is 23.2 Å². The molecular weight excluding hydrogens is 519 g/mol. The molecule has 0 saturated heterocycles. The van der Waals surface area contributed by atoms with Gasteiger partial charge >= 0.3 is 6.18 Å². The number of nitrogens with two attached hydrogens (primary N) is 1. The van der Waals surface area contributed by atoms with E-state index in [2.05, 4.69) is 22.3 Å². The average Bonchev–Trinajstić information content (AvgIpc) is 2.91. The molecule has 0 spiro atoms. The predicted molar refractivity (Wildman–Crippen MR) is 152 cm³/mol. The van der Waals surface area contributed by atoms with Gasteiger partial charge < -0.3 is 25.8 Å². The zero-order valence-corrected chi connectivity index (χ0v) is 23.2. The largest absolute Gasteiger partial charge is 0.416 e. The highest BCUT2D eigenvalue weighted by molar-refractivity contribution is 6.05. The Bertz CT molecular complexity index is 1350. The summed E-state index contributed by atoms with van der Waals surface area (Å²) in [6.07, 6.45) is -3.84. The molecule has 3 aromatic carbocycles. The number of aliphatic hydroxyl groups excluding tert-OH is 1. The number of carbonyl (C=O) groups is 1. The maximum absolute atomic E-state index is 13.6. The molecule has 4 rings (SSSR count). The zero-order chi connectivity index (χ0) is 29.2. The van der Waals surface area contributed by atoms with E-state index in [1.165, 1.54) is 6.07 Å². The van der Waals surface area contributed by atoms with Gasteiger partial charge in [0.2, 0.25) is 0 Å². The predicted octanol–water partition coefficient (Wildman–Crippen LogP) is 5.74. The maximum Gasteiger partial charge on any atom is 0.416 e. The molecule has 1 amide bonds. The number of methoxy groups -OCH3 is 1. The van der Waals surface area contributed by atoms with Crippen molar-refractivity contribution >= 4 is 17.3 Å². The van der Waals surface area contributed by atoms with Crippen LogP contribution in [0.25, 0.3) is 11.1 Å². The van der Waals surface area contributed by atoms with Crippen molar-refractivity contribution in [2.24, 2.45) is 11.7 Å². The molecule has 4 N–H and O–H groups in total. The molecule has 0 fully saturated rings. The first-order chi connectivity index (χ1) is 18.8. The van der Waals surface area contributed by atoms with Crippen LogP contribution in [0.15, 0.2) is 54.6 Å². The van der Waals surface area contributed by atoms with Crippen LogP contribution in [0.1, 0.15) is 46.5 Å². The molecule has 0 aliphatic carbocycles. The van der Waals surface area contributed by atoms with Gasteiger partial charge in [-0.15, -0.1) is 0 Å². The molecule has 1 unspecified atom stereocenters. The number of halogens is 3. The van der Waals surface area contributed by atoms with Crippen LogP contribution in [0.2, 0.25) is 0 Å². The van der Waals surface area contributed by atoms with E-state index in [4.69, 9.17) is 10.5 Å². The number of amides is 1. The van der Waals surface area contributed by atoms with Gasteiger partial charge in [0, 0.05) is 55.2 Å². The fourth-order valence-corrected chi connectivity index (χ4v) is 5.03. The zero-order valence-electron chi connectivity index (χ0n) is 23.2. The SMILES string of the molecule is COCCN1CC(CO)Cc2ccc(-c3cc(NC(=O)c4cc(C(C)(C)N)cc(C(F)(F)F)c4)ccc3C)cc21. The van der Waals surface area contributed by atoms with Crippen molar-refractivity contribution in [1.29, 1.82) is 0 Å². The third-order valence-corrected chi connectivity index (χ3v) is 7.31. The highest BCUT2D eigenvalue weighted by atomic mass is 19.4. The molecule has 1 aliphatic rings. The number of nitrogens with one attached hydrogen (secondary N) is 1. The molecule has 0 aromatic heterocycles. The van der Waals surface area contributed by atoms with Crippen LogP contribution >= 0.6 is 0 Å². The summed E-state index contributed by atoms with van der Waals surface area (Å²) >= 11 is 0. The molecule has 40 heavy (non-hydrogen) atoms. The van der Waals surface area contributed by atoms with Crippen LogP contribution in [-0.2, 0) is 22.9 Å². The number of aryl methyl sites for hydroxylation is 1. The second-order valence-electron chi connectivity index (χ2n) is 11.0. The standard InChI is InChI=1S/C31H36F3N3O3/c1-19-5-8-26(36-29(39)23-12-24(30(2,3)35)15-25(13-23)31(32,33)34)16-27(19)21-6-7-22-11-20(18-38)17-37(9-10-40-4)28(22)14-21/h5-8,12-16,20,38H,9-11,17-18,35H2,1-4H3,(H,36,39). The minimum absolute atomic E-state index is 0.113. The number of aliphatic hydroxyl groups is 1. The van der Waals surface area contributed by atoms with Gasteiger partial charge in [0.15, 0.2) is 0 Å². The molecule has 0 saturated carbocycles. The lowest BCUT2D eigenvalue weighted by atomic mass is 9.90. The molecule has 1 heterocycles. The monoisotopic (exact) mass is 555 g/mol. The number of rotatable bonds is 8. The lowest BCUT2D eigenvalue weighted by Gasteiger charge is -2.36. The second kappa shape index (κ2) is 11.6. The van der Waals surface area contributed by atoms with Gasteiger partial charge in [-0.1, -0.05) is 18.2 Å².